The average molecular weight is 274 g/mol. The second kappa shape index (κ2) is 4.87. The number of nitrogens with zero attached hydrogens (tertiary/aromatic N) is 2. The number of hydrogen-bond acceptors (Lipinski definition) is 5. The molecule has 0 aliphatic carbocycles. The summed E-state index contributed by atoms with van der Waals surface area (Å²) >= 11 is 0. The van der Waals surface area contributed by atoms with Gasteiger partial charge in [-0.15, -0.1) is 0 Å². The second-order valence-corrected chi connectivity index (χ2v) is 6.21. The Kier molecular flexibility index (Phi) is 3.60. The van der Waals surface area contributed by atoms with Gasteiger partial charge in [-0.2, -0.15) is 5.10 Å². The lowest BCUT2D eigenvalue weighted by molar-refractivity contribution is 0.186. The van der Waals surface area contributed by atoms with Crippen LogP contribution in [0.5, 0.6) is 0 Å². The number of nitrogen functional groups attached to an aromatic ring is 1. The van der Waals surface area contributed by atoms with E-state index >= 15 is 0 Å². The standard InChI is InChI=1S/C10H18N4O3S/c1-7-9(10(11)13-14(7)2)18(15,16)12-5-8-3-4-17-6-8/h8,12H,3-6H2,1-2H3,(H2,11,13). The van der Waals surface area contributed by atoms with Gasteiger partial charge in [0.05, 0.1) is 12.3 Å². The van der Waals surface area contributed by atoms with Crippen molar-refractivity contribution < 1.29 is 13.2 Å². The molecule has 1 atom stereocenters. The van der Waals surface area contributed by atoms with Crippen molar-refractivity contribution in [1.82, 2.24) is 14.5 Å². The number of aryl methyl sites for hydroxylation is 1. The molecule has 18 heavy (non-hydrogen) atoms. The van der Waals surface area contributed by atoms with Crippen LogP contribution in [0.15, 0.2) is 4.90 Å². The molecule has 7 nitrogen and oxygen atoms in total. The second-order valence-electron chi connectivity index (χ2n) is 4.50. The van der Waals surface area contributed by atoms with Crippen LogP contribution in [-0.2, 0) is 21.8 Å². The maximum absolute atomic E-state index is 12.2. The largest absolute Gasteiger partial charge is 0.381 e. The molecular formula is C10H18N4O3S. The van der Waals surface area contributed by atoms with E-state index in [0.29, 0.717) is 25.5 Å². The van der Waals surface area contributed by atoms with Crippen LogP contribution in [0.3, 0.4) is 0 Å². The molecule has 102 valence electrons. The number of nitrogens with one attached hydrogen (secondary N) is 1. The summed E-state index contributed by atoms with van der Waals surface area (Å²) in [4.78, 5) is 0.0731. The molecule has 0 spiro atoms. The van der Waals surface area contributed by atoms with Gasteiger partial charge in [0.25, 0.3) is 0 Å². The molecule has 0 aromatic carbocycles. The van der Waals surface area contributed by atoms with E-state index in [4.69, 9.17) is 10.5 Å². The van der Waals surface area contributed by atoms with Gasteiger partial charge in [-0.25, -0.2) is 13.1 Å². The maximum Gasteiger partial charge on any atom is 0.246 e. The van der Waals surface area contributed by atoms with E-state index in [0.717, 1.165) is 6.42 Å². The zero-order valence-electron chi connectivity index (χ0n) is 10.5. The Morgan fingerprint density at radius 3 is 2.83 bits per heavy atom. The summed E-state index contributed by atoms with van der Waals surface area (Å²) in [7, 11) is -1.94. The lowest BCUT2D eigenvalue weighted by Gasteiger charge is -2.10. The van der Waals surface area contributed by atoms with Crippen LogP contribution < -0.4 is 10.5 Å². The number of ether oxygens (including phenoxy) is 1. The Morgan fingerprint density at radius 2 is 2.33 bits per heavy atom. The summed E-state index contributed by atoms with van der Waals surface area (Å²) in [5.41, 5.74) is 6.17. The fraction of sp³-hybridized carbons (Fsp3) is 0.700. The summed E-state index contributed by atoms with van der Waals surface area (Å²) in [6.07, 6.45) is 0.879. The molecule has 1 aromatic heterocycles. The monoisotopic (exact) mass is 274 g/mol. The first-order chi connectivity index (χ1) is 8.42. The van der Waals surface area contributed by atoms with E-state index < -0.39 is 10.0 Å². The van der Waals surface area contributed by atoms with Gasteiger partial charge in [-0.1, -0.05) is 0 Å². The lowest BCUT2D eigenvalue weighted by atomic mass is 10.1. The van der Waals surface area contributed by atoms with Crippen molar-refractivity contribution in [3.63, 3.8) is 0 Å². The fourth-order valence-corrected chi connectivity index (χ4v) is 3.43. The Balaban J connectivity index is 2.14. The van der Waals surface area contributed by atoms with Crippen LogP contribution in [0.25, 0.3) is 0 Å². The SMILES string of the molecule is Cc1c(S(=O)(=O)NCC2CCOC2)c(N)nn1C. The van der Waals surface area contributed by atoms with Gasteiger partial charge in [0, 0.05) is 20.2 Å². The van der Waals surface area contributed by atoms with E-state index in [1.54, 1.807) is 14.0 Å². The summed E-state index contributed by atoms with van der Waals surface area (Å²) in [6.45, 7) is 3.34. The van der Waals surface area contributed by atoms with Gasteiger partial charge >= 0.3 is 0 Å². The minimum Gasteiger partial charge on any atom is -0.381 e. The minimum atomic E-state index is -3.60. The molecule has 8 heteroatoms. The molecule has 0 radical (unpaired) electrons. The van der Waals surface area contributed by atoms with Crippen molar-refractivity contribution >= 4 is 15.8 Å². The minimum absolute atomic E-state index is 0.0326. The van der Waals surface area contributed by atoms with Crippen LogP contribution in [0, 0.1) is 12.8 Å². The highest BCUT2D eigenvalue weighted by atomic mass is 32.2. The first-order valence-electron chi connectivity index (χ1n) is 5.78. The Labute approximate surface area is 106 Å². The highest BCUT2D eigenvalue weighted by Gasteiger charge is 2.26. The predicted molar refractivity (Wildman–Crippen MR) is 66.5 cm³/mol. The molecule has 3 N–H and O–H groups in total. The molecule has 0 amide bonds. The van der Waals surface area contributed by atoms with E-state index in [9.17, 15) is 8.42 Å². The van der Waals surface area contributed by atoms with Gasteiger partial charge in [0.15, 0.2) is 5.82 Å². The third kappa shape index (κ3) is 2.50. The predicted octanol–water partition coefficient (Wildman–Crippen LogP) is -0.374. The van der Waals surface area contributed by atoms with Gasteiger partial charge in [0.2, 0.25) is 10.0 Å². The van der Waals surface area contributed by atoms with E-state index in [-0.39, 0.29) is 16.6 Å². The third-order valence-electron chi connectivity index (χ3n) is 3.16. The summed E-state index contributed by atoms with van der Waals surface area (Å²) in [5.74, 6) is 0.267. The number of hydrogen-bond donors (Lipinski definition) is 2. The highest BCUT2D eigenvalue weighted by Crippen LogP contribution is 2.21. The molecule has 0 bridgehead atoms. The Morgan fingerprint density at radius 1 is 1.61 bits per heavy atom. The first-order valence-corrected chi connectivity index (χ1v) is 7.26. The number of anilines is 1. The van der Waals surface area contributed by atoms with Gasteiger partial charge in [-0.3, -0.25) is 4.68 Å². The zero-order valence-corrected chi connectivity index (χ0v) is 11.3. The molecule has 1 unspecified atom stereocenters. The first kappa shape index (κ1) is 13.3. The third-order valence-corrected chi connectivity index (χ3v) is 4.75. The molecule has 1 aliphatic rings. The lowest BCUT2D eigenvalue weighted by Crippen LogP contribution is -2.30. The number of nitrogens with two attached hydrogens (primary N) is 1. The maximum atomic E-state index is 12.2. The molecule has 2 heterocycles. The molecule has 1 aromatic rings. The Bertz CT molecular complexity index is 532. The molecule has 1 fully saturated rings. The van der Waals surface area contributed by atoms with Crippen LogP contribution in [-0.4, -0.2) is 38.0 Å². The van der Waals surface area contributed by atoms with E-state index in [1.807, 2.05) is 0 Å². The van der Waals surface area contributed by atoms with Gasteiger partial charge in [0.1, 0.15) is 4.90 Å². The fourth-order valence-electron chi connectivity index (χ4n) is 1.99. The Hall–Kier alpha value is -1.12. The highest BCUT2D eigenvalue weighted by molar-refractivity contribution is 7.89. The average Bonchev–Trinajstić information content (AvgIpc) is 2.86. The van der Waals surface area contributed by atoms with Crippen molar-refractivity contribution in [3.8, 4) is 0 Å². The smallest absolute Gasteiger partial charge is 0.246 e. The number of aromatic nitrogens is 2. The number of rotatable bonds is 4. The summed E-state index contributed by atoms with van der Waals surface area (Å²) < 4.78 is 33.6. The normalized spacial score (nSPS) is 20.4. The van der Waals surface area contributed by atoms with Crippen molar-refractivity contribution in [2.24, 2.45) is 13.0 Å². The summed E-state index contributed by atoms with van der Waals surface area (Å²) in [5, 5.41) is 3.91. The number of sulfonamides is 1. The van der Waals surface area contributed by atoms with Crippen LogP contribution in [0.1, 0.15) is 12.1 Å². The zero-order chi connectivity index (χ0) is 13.3. The molecule has 1 aliphatic heterocycles. The van der Waals surface area contributed by atoms with Crippen molar-refractivity contribution in [1.29, 1.82) is 0 Å². The molecule has 1 saturated heterocycles. The van der Waals surface area contributed by atoms with Crippen LogP contribution >= 0.6 is 0 Å². The van der Waals surface area contributed by atoms with Crippen LogP contribution in [0.2, 0.25) is 0 Å². The topological polar surface area (TPSA) is 99.2 Å². The van der Waals surface area contributed by atoms with Crippen molar-refractivity contribution in [3.05, 3.63) is 5.69 Å². The summed E-state index contributed by atoms with van der Waals surface area (Å²) in [6, 6.07) is 0. The van der Waals surface area contributed by atoms with Gasteiger partial charge in [-0.05, 0) is 19.3 Å². The van der Waals surface area contributed by atoms with Crippen molar-refractivity contribution in [2.75, 3.05) is 25.5 Å². The quantitative estimate of drug-likeness (QED) is 0.780. The molecular weight excluding hydrogens is 256 g/mol. The van der Waals surface area contributed by atoms with Gasteiger partial charge < -0.3 is 10.5 Å². The molecule has 2 rings (SSSR count). The van der Waals surface area contributed by atoms with E-state index in [1.165, 1.54) is 4.68 Å². The molecule has 0 saturated carbocycles. The van der Waals surface area contributed by atoms with Crippen LogP contribution in [0.4, 0.5) is 5.82 Å². The van der Waals surface area contributed by atoms with Crippen molar-refractivity contribution in [2.45, 2.75) is 18.2 Å². The van der Waals surface area contributed by atoms with E-state index in [2.05, 4.69) is 9.82 Å².